The highest BCUT2D eigenvalue weighted by molar-refractivity contribution is 5.45. The van der Waals surface area contributed by atoms with E-state index in [4.69, 9.17) is 0 Å². The minimum absolute atomic E-state index is 0.206. The molecule has 0 unspecified atom stereocenters. The quantitative estimate of drug-likeness (QED) is 0.858. The second-order valence-corrected chi connectivity index (χ2v) is 3.62. The third kappa shape index (κ3) is 2.18. The van der Waals surface area contributed by atoms with Crippen LogP contribution in [0.4, 0.5) is 10.1 Å². The Labute approximate surface area is 93.1 Å². The number of hydrogen-bond acceptors (Lipinski definition) is 3. The summed E-state index contributed by atoms with van der Waals surface area (Å²) in [6, 6.07) is 5.06. The highest BCUT2D eigenvalue weighted by atomic mass is 19.1. The van der Waals surface area contributed by atoms with Gasteiger partial charge in [0.15, 0.2) is 0 Å². The molecule has 0 bridgehead atoms. The van der Waals surface area contributed by atoms with Crippen LogP contribution in [0.15, 0.2) is 24.5 Å². The van der Waals surface area contributed by atoms with Gasteiger partial charge in [0, 0.05) is 12.7 Å². The molecule has 0 saturated carbocycles. The van der Waals surface area contributed by atoms with Crippen LogP contribution >= 0.6 is 0 Å². The predicted octanol–water partition coefficient (Wildman–Crippen LogP) is 1.87. The van der Waals surface area contributed by atoms with E-state index < -0.39 is 0 Å². The summed E-state index contributed by atoms with van der Waals surface area (Å²) in [5.41, 5.74) is 1.38. The molecule has 16 heavy (non-hydrogen) atoms. The number of rotatable bonds is 3. The fourth-order valence-corrected chi connectivity index (χ4v) is 1.36. The normalized spacial score (nSPS) is 10.4. The van der Waals surface area contributed by atoms with Crippen LogP contribution in [0.2, 0.25) is 0 Å². The average Bonchev–Trinajstić information content (AvgIpc) is 2.66. The van der Waals surface area contributed by atoms with Gasteiger partial charge in [0.05, 0.1) is 6.54 Å². The molecule has 1 N–H and O–H groups in total. The maximum atomic E-state index is 13.3. The van der Waals surface area contributed by atoms with Gasteiger partial charge in [-0.3, -0.25) is 4.68 Å². The zero-order valence-corrected chi connectivity index (χ0v) is 9.24. The number of hydrogen-bond donors (Lipinski definition) is 1. The fraction of sp³-hybridized carbons (Fsp3) is 0.273. The van der Waals surface area contributed by atoms with Crippen molar-refractivity contribution < 1.29 is 4.39 Å². The van der Waals surface area contributed by atoms with Crippen LogP contribution in [0.3, 0.4) is 0 Å². The van der Waals surface area contributed by atoms with E-state index >= 15 is 0 Å². The molecule has 0 atom stereocenters. The predicted molar refractivity (Wildman–Crippen MR) is 59.5 cm³/mol. The number of aryl methyl sites for hydroxylation is 2. The number of aromatic nitrogens is 3. The average molecular weight is 220 g/mol. The van der Waals surface area contributed by atoms with Crippen LogP contribution in [-0.2, 0) is 13.6 Å². The molecule has 0 radical (unpaired) electrons. The maximum Gasteiger partial charge on any atom is 0.145 e. The molecule has 2 rings (SSSR count). The summed E-state index contributed by atoms with van der Waals surface area (Å²) in [5.74, 6) is 0.601. The first-order valence-corrected chi connectivity index (χ1v) is 4.99. The SMILES string of the molecule is Cc1ccc(NCc2ncnn2C)cc1F. The molecule has 1 heterocycles. The topological polar surface area (TPSA) is 42.7 Å². The fourth-order valence-electron chi connectivity index (χ4n) is 1.36. The zero-order chi connectivity index (χ0) is 11.5. The number of anilines is 1. The van der Waals surface area contributed by atoms with E-state index in [1.54, 1.807) is 17.7 Å². The maximum absolute atomic E-state index is 13.3. The van der Waals surface area contributed by atoms with E-state index in [0.29, 0.717) is 12.1 Å². The van der Waals surface area contributed by atoms with E-state index in [2.05, 4.69) is 15.4 Å². The van der Waals surface area contributed by atoms with Crippen molar-refractivity contribution in [3.63, 3.8) is 0 Å². The summed E-state index contributed by atoms with van der Waals surface area (Å²) in [5, 5.41) is 7.04. The number of benzene rings is 1. The third-order valence-corrected chi connectivity index (χ3v) is 2.43. The van der Waals surface area contributed by atoms with Crippen molar-refractivity contribution in [1.29, 1.82) is 0 Å². The van der Waals surface area contributed by atoms with Crippen molar-refractivity contribution in [1.82, 2.24) is 14.8 Å². The molecule has 0 spiro atoms. The van der Waals surface area contributed by atoms with Crippen LogP contribution in [-0.4, -0.2) is 14.8 Å². The Kier molecular flexibility index (Phi) is 2.85. The number of nitrogens with one attached hydrogen (secondary N) is 1. The number of nitrogens with zero attached hydrogens (tertiary/aromatic N) is 3. The molecule has 0 amide bonds. The Balaban J connectivity index is 2.05. The Hall–Kier alpha value is -1.91. The lowest BCUT2D eigenvalue weighted by atomic mass is 10.2. The second-order valence-electron chi connectivity index (χ2n) is 3.62. The zero-order valence-electron chi connectivity index (χ0n) is 9.24. The molecule has 2 aromatic rings. The summed E-state index contributed by atoms with van der Waals surface area (Å²) in [6.45, 7) is 2.26. The molecule has 0 saturated heterocycles. The monoisotopic (exact) mass is 220 g/mol. The standard InChI is InChI=1S/C11H13FN4/c1-8-3-4-9(5-10(8)12)13-6-11-14-7-15-16(11)2/h3-5,7,13H,6H2,1-2H3. The highest BCUT2D eigenvalue weighted by Crippen LogP contribution is 2.13. The van der Waals surface area contributed by atoms with Gasteiger partial charge in [-0.25, -0.2) is 9.37 Å². The Bertz CT molecular complexity index is 492. The van der Waals surface area contributed by atoms with Gasteiger partial charge < -0.3 is 5.32 Å². The van der Waals surface area contributed by atoms with Gasteiger partial charge in [-0.1, -0.05) is 6.07 Å². The summed E-state index contributed by atoms with van der Waals surface area (Å²) in [6.07, 6.45) is 1.49. The van der Waals surface area contributed by atoms with Crippen molar-refractivity contribution in [2.24, 2.45) is 7.05 Å². The van der Waals surface area contributed by atoms with Crippen LogP contribution in [0.25, 0.3) is 0 Å². The van der Waals surface area contributed by atoms with E-state index in [9.17, 15) is 4.39 Å². The van der Waals surface area contributed by atoms with Gasteiger partial charge in [-0.05, 0) is 24.6 Å². The molecule has 4 nitrogen and oxygen atoms in total. The summed E-state index contributed by atoms with van der Waals surface area (Å²) in [7, 11) is 1.82. The van der Waals surface area contributed by atoms with Crippen LogP contribution in [0.5, 0.6) is 0 Å². The van der Waals surface area contributed by atoms with Crippen LogP contribution < -0.4 is 5.32 Å². The molecule has 0 aliphatic heterocycles. The van der Waals surface area contributed by atoms with E-state index in [1.165, 1.54) is 12.4 Å². The Morgan fingerprint density at radius 1 is 1.44 bits per heavy atom. The molecule has 0 fully saturated rings. The van der Waals surface area contributed by atoms with Crippen molar-refractivity contribution >= 4 is 5.69 Å². The van der Waals surface area contributed by atoms with Crippen LogP contribution in [0, 0.1) is 12.7 Å². The first kappa shape index (κ1) is 10.6. The Morgan fingerprint density at radius 3 is 2.88 bits per heavy atom. The van der Waals surface area contributed by atoms with E-state index in [1.807, 2.05) is 13.1 Å². The minimum Gasteiger partial charge on any atom is -0.378 e. The lowest BCUT2D eigenvalue weighted by Crippen LogP contribution is -2.06. The molecule has 1 aromatic carbocycles. The molecule has 0 aliphatic rings. The largest absolute Gasteiger partial charge is 0.378 e. The van der Waals surface area contributed by atoms with Gasteiger partial charge >= 0.3 is 0 Å². The molecular formula is C11H13FN4. The highest BCUT2D eigenvalue weighted by Gasteiger charge is 2.02. The van der Waals surface area contributed by atoms with Crippen LogP contribution in [0.1, 0.15) is 11.4 Å². The van der Waals surface area contributed by atoms with Crippen molar-refractivity contribution in [3.05, 3.63) is 41.7 Å². The third-order valence-electron chi connectivity index (χ3n) is 2.43. The smallest absolute Gasteiger partial charge is 0.145 e. The Morgan fingerprint density at radius 2 is 2.25 bits per heavy atom. The summed E-state index contributed by atoms with van der Waals surface area (Å²) >= 11 is 0. The first-order valence-electron chi connectivity index (χ1n) is 4.99. The van der Waals surface area contributed by atoms with Crippen molar-refractivity contribution in [3.8, 4) is 0 Å². The molecule has 84 valence electrons. The van der Waals surface area contributed by atoms with Gasteiger partial charge in [0.1, 0.15) is 18.0 Å². The van der Waals surface area contributed by atoms with Gasteiger partial charge in [0.25, 0.3) is 0 Å². The van der Waals surface area contributed by atoms with E-state index in [-0.39, 0.29) is 5.82 Å². The summed E-state index contributed by atoms with van der Waals surface area (Å²) < 4.78 is 14.9. The van der Waals surface area contributed by atoms with Gasteiger partial charge in [0.2, 0.25) is 0 Å². The lowest BCUT2D eigenvalue weighted by Gasteiger charge is -2.06. The molecule has 0 aliphatic carbocycles. The minimum atomic E-state index is -0.206. The van der Waals surface area contributed by atoms with Crippen molar-refractivity contribution in [2.45, 2.75) is 13.5 Å². The van der Waals surface area contributed by atoms with Gasteiger partial charge in [-0.2, -0.15) is 5.10 Å². The molecule has 5 heteroatoms. The van der Waals surface area contributed by atoms with E-state index in [0.717, 1.165) is 11.5 Å². The number of halogens is 1. The lowest BCUT2D eigenvalue weighted by molar-refractivity contribution is 0.619. The van der Waals surface area contributed by atoms with Gasteiger partial charge in [-0.15, -0.1) is 0 Å². The molecule has 1 aromatic heterocycles. The van der Waals surface area contributed by atoms with Crippen molar-refractivity contribution in [2.75, 3.05) is 5.32 Å². The summed E-state index contributed by atoms with van der Waals surface area (Å²) in [4.78, 5) is 4.07. The first-order chi connectivity index (χ1) is 7.66. The second kappa shape index (κ2) is 4.30. The molecular weight excluding hydrogens is 207 g/mol.